The number of hydrogen-bond donors (Lipinski definition) is 0. The normalized spacial score (nSPS) is 20.8. The molecular weight excluding hydrogens is 252 g/mol. The molecule has 1 heterocycles. The molecule has 1 saturated carbocycles. The number of urea groups is 1. The van der Waals surface area contributed by atoms with Gasteiger partial charge in [0.2, 0.25) is 0 Å². The molecule has 1 aromatic rings. The van der Waals surface area contributed by atoms with Gasteiger partial charge in [-0.05, 0) is 18.4 Å². The van der Waals surface area contributed by atoms with Gasteiger partial charge in [-0.25, -0.2) is 4.79 Å². The van der Waals surface area contributed by atoms with Crippen molar-refractivity contribution in [1.29, 1.82) is 0 Å². The number of carbonyl (C=O) groups excluding carboxylic acids is 2. The van der Waals surface area contributed by atoms with E-state index in [-0.39, 0.29) is 24.5 Å². The van der Waals surface area contributed by atoms with Crippen LogP contribution in [-0.4, -0.2) is 34.3 Å². The monoisotopic (exact) mass is 272 g/mol. The molecule has 20 heavy (non-hydrogen) atoms. The summed E-state index contributed by atoms with van der Waals surface area (Å²) < 4.78 is 0. The number of imide groups is 1. The van der Waals surface area contributed by atoms with Crippen LogP contribution in [0.25, 0.3) is 0 Å². The second-order valence-corrected chi connectivity index (χ2v) is 5.67. The topological polar surface area (TPSA) is 40.6 Å². The standard InChI is InChI=1S/C16H20N2O2/c19-15-12-17(14-9-5-2-6-10-14)16(20)18(15)11-13-7-3-1-4-8-13/h1,3-4,7-8,14H,2,5-6,9-12H2. The van der Waals surface area contributed by atoms with Gasteiger partial charge in [0.1, 0.15) is 6.54 Å². The maximum Gasteiger partial charge on any atom is 0.327 e. The maximum absolute atomic E-state index is 12.5. The van der Waals surface area contributed by atoms with E-state index in [0.29, 0.717) is 6.54 Å². The molecular formula is C16H20N2O2. The van der Waals surface area contributed by atoms with E-state index in [9.17, 15) is 9.59 Å². The van der Waals surface area contributed by atoms with Crippen molar-refractivity contribution in [3.63, 3.8) is 0 Å². The second-order valence-electron chi connectivity index (χ2n) is 5.67. The predicted molar refractivity (Wildman–Crippen MR) is 76.0 cm³/mol. The molecule has 1 aliphatic heterocycles. The van der Waals surface area contributed by atoms with Gasteiger partial charge in [-0.15, -0.1) is 0 Å². The average Bonchev–Trinajstić information content (AvgIpc) is 2.77. The number of hydrogen-bond acceptors (Lipinski definition) is 2. The molecule has 0 bridgehead atoms. The molecule has 0 N–H and O–H groups in total. The lowest BCUT2D eigenvalue weighted by molar-refractivity contribution is -0.125. The fourth-order valence-corrected chi connectivity index (χ4v) is 3.16. The summed E-state index contributed by atoms with van der Waals surface area (Å²) in [4.78, 5) is 27.7. The minimum atomic E-state index is -0.106. The van der Waals surface area contributed by atoms with Crippen LogP contribution in [0.1, 0.15) is 37.7 Å². The van der Waals surface area contributed by atoms with Crippen molar-refractivity contribution < 1.29 is 9.59 Å². The van der Waals surface area contributed by atoms with Crippen LogP contribution < -0.4 is 0 Å². The minimum absolute atomic E-state index is 0.0653. The van der Waals surface area contributed by atoms with Crippen molar-refractivity contribution in [2.75, 3.05) is 6.54 Å². The summed E-state index contributed by atoms with van der Waals surface area (Å²) in [5, 5.41) is 0. The number of benzene rings is 1. The lowest BCUT2D eigenvalue weighted by atomic mass is 9.94. The highest BCUT2D eigenvalue weighted by molar-refractivity contribution is 6.02. The van der Waals surface area contributed by atoms with Crippen LogP contribution in [0.15, 0.2) is 30.3 Å². The smallest absolute Gasteiger partial charge is 0.312 e. The molecule has 0 atom stereocenters. The van der Waals surface area contributed by atoms with Crippen LogP contribution in [-0.2, 0) is 11.3 Å². The van der Waals surface area contributed by atoms with Gasteiger partial charge in [0.25, 0.3) is 5.91 Å². The lowest BCUT2D eigenvalue weighted by Gasteiger charge is -2.30. The Hall–Kier alpha value is -1.84. The van der Waals surface area contributed by atoms with E-state index >= 15 is 0 Å². The first-order valence-electron chi connectivity index (χ1n) is 7.40. The first kappa shape index (κ1) is 13.2. The van der Waals surface area contributed by atoms with Crippen molar-refractivity contribution >= 4 is 11.9 Å². The van der Waals surface area contributed by atoms with Crippen LogP contribution in [0, 0.1) is 0 Å². The highest BCUT2D eigenvalue weighted by Crippen LogP contribution is 2.26. The van der Waals surface area contributed by atoms with Crippen LogP contribution in [0.5, 0.6) is 0 Å². The Kier molecular flexibility index (Phi) is 3.72. The number of carbonyl (C=O) groups is 2. The third kappa shape index (κ3) is 2.55. The van der Waals surface area contributed by atoms with Crippen molar-refractivity contribution in [2.45, 2.75) is 44.7 Å². The minimum Gasteiger partial charge on any atom is -0.312 e. The zero-order valence-corrected chi connectivity index (χ0v) is 11.6. The molecule has 0 spiro atoms. The van der Waals surface area contributed by atoms with E-state index in [1.807, 2.05) is 30.3 Å². The van der Waals surface area contributed by atoms with Crippen LogP contribution in [0.2, 0.25) is 0 Å². The molecule has 1 aromatic carbocycles. The molecule has 0 aromatic heterocycles. The van der Waals surface area contributed by atoms with Gasteiger partial charge in [-0.1, -0.05) is 49.6 Å². The summed E-state index contributed by atoms with van der Waals surface area (Å²) in [5.74, 6) is -0.0653. The van der Waals surface area contributed by atoms with Crippen LogP contribution >= 0.6 is 0 Å². The summed E-state index contributed by atoms with van der Waals surface area (Å²) in [7, 11) is 0. The van der Waals surface area contributed by atoms with E-state index in [0.717, 1.165) is 18.4 Å². The predicted octanol–water partition coefficient (Wildman–Crippen LogP) is 2.78. The van der Waals surface area contributed by atoms with Crippen molar-refractivity contribution in [1.82, 2.24) is 9.80 Å². The Bertz CT molecular complexity index is 494. The third-order valence-corrected chi connectivity index (χ3v) is 4.28. The first-order valence-corrected chi connectivity index (χ1v) is 7.40. The zero-order chi connectivity index (χ0) is 13.9. The Morgan fingerprint density at radius 3 is 2.40 bits per heavy atom. The zero-order valence-electron chi connectivity index (χ0n) is 11.6. The van der Waals surface area contributed by atoms with E-state index < -0.39 is 0 Å². The van der Waals surface area contributed by atoms with E-state index in [4.69, 9.17) is 0 Å². The highest BCUT2D eigenvalue weighted by atomic mass is 16.2. The van der Waals surface area contributed by atoms with Crippen molar-refractivity contribution in [3.8, 4) is 0 Å². The van der Waals surface area contributed by atoms with Gasteiger partial charge in [0.15, 0.2) is 0 Å². The molecule has 4 nitrogen and oxygen atoms in total. The fourth-order valence-electron chi connectivity index (χ4n) is 3.16. The van der Waals surface area contributed by atoms with Gasteiger partial charge >= 0.3 is 6.03 Å². The van der Waals surface area contributed by atoms with Crippen molar-refractivity contribution in [2.24, 2.45) is 0 Å². The molecule has 2 fully saturated rings. The molecule has 3 rings (SSSR count). The third-order valence-electron chi connectivity index (χ3n) is 4.28. The largest absolute Gasteiger partial charge is 0.327 e. The van der Waals surface area contributed by atoms with E-state index in [1.54, 1.807) is 4.90 Å². The first-order chi connectivity index (χ1) is 9.75. The summed E-state index contributed by atoms with van der Waals surface area (Å²) in [6.45, 7) is 0.651. The van der Waals surface area contributed by atoms with Gasteiger partial charge in [0.05, 0.1) is 6.54 Å². The number of amides is 3. The summed E-state index contributed by atoms with van der Waals surface area (Å²) in [6, 6.07) is 9.85. The second kappa shape index (κ2) is 5.65. The molecule has 1 aliphatic carbocycles. The summed E-state index contributed by atoms with van der Waals surface area (Å²) in [5.41, 5.74) is 1.000. The van der Waals surface area contributed by atoms with Crippen molar-refractivity contribution in [3.05, 3.63) is 35.9 Å². The molecule has 3 amide bonds. The lowest BCUT2D eigenvalue weighted by Crippen LogP contribution is -2.40. The molecule has 1 saturated heterocycles. The molecule has 106 valence electrons. The van der Waals surface area contributed by atoms with E-state index in [1.165, 1.54) is 24.2 Å². The quantitative estimate of drug-likeness (QED) is 0.794. The molecule has 0 unspecified atom stereocenters. The molecule has 4 heteroatoms. The Morgan fingerprint density at radius 2 is 1.70 bits per heavy atom. The Balaban J connectivity index is 1.70. The molecule has 0 radical (unpaired) electrons. The van der Waals surface area contributed by atoms with E-state index in [2.05, 4.69) is 0 Å². The van der Waals surface area contributed by atoms with Crippen LogP contribution in [0.4, 0.5) is 4.79 Å². The van der Waals surface area contributed by atoms with Gasteiger partial charge in [-0.3, -0.25) is 9.69 Å². The van der Waals surface area contributed by atoms with Gasteiger partial charge in [-0.2, -0.15) is 0 Å². The maximum atomic E-state index is 12.5. The SMILES string of the molecule is O=C1CN(C2CCCCC2)C(=O)N1Cc1ccccc1. The average molecular weight is 272 g/mol. The Labute approximate surface area is 119 Å². The highest BCUT2D eigenvalue weighted by Gasteiger charge is 2.39. The van der Waals surface area contributed by atoms with Gasteiger partial charge in [0, 0.05) is 6.04 Å². The van der Waals surface area contributed by atoms with Gasteiger partial charge < -0.3 is 4.90 Å². The summed E-state index contributed by atoms with van der Waals surface area (Å²) >= 11 is 0. The fraction of sp³-hybridized carbons (Fsp3) is 0.500. The number of rotatable bonds is 3. The molecule has 2 aliphatic rings. The number of nitrogens with zero attached hydrogens (tertiary/aromatic N) is 2. The Morgan fingerprint density at radius 1 is 1.00 bits per heavy atom. The van der Waals surface area contributed by atoms with Crippen LogP contribution in [0.3, 0.4) is 0 Å². The summed E-state index contributed by atoms with van der Waals surface area (Å²) in [6.07, 6.45) is 5.67.